The van der Waals surface area contributed by atoms with Crippen LogP contribution >= 0.6 is 0 Å². The summed E-state index contributed by atoms with van der Waals surface area (Å²) in [6.45, 7) is 0. The maximum atomic E-state index is 12.0. The molecule has 2 aromatic rings. The first-order valence-corrected chi connectivity index (χ1v) is 6.21. The van der Waals surface area contributed by atoms with Gasteiger partial charge in [-0.3, -0.25) is 14.6 Å². The van der Waals surface area contributed by atoms with Gasteiger partial charge in [0.15, 0.2) is 0 Å². The van der Waals surface area contributed by atoms with E-state index in [2.05, 4.69) is 10.3 Å². The Morgan fingerprint density at radius 3 is 2.50 bits per heavy atom. The van der Waals surface area contributed by atoms with Crippen LogP contribution < -0.4 is 11.1 Å². The molecule has 5 nitrogen and oxygen atoms in total. The predicted octanol–water partition coefficient (Wildman–Crippen LogP) is 0.908. The summed E-state index contributed by atoms with van der Waals surface area (Å²) in [6.07, 6.45) is 3.38. The van der Waals surface area contributed by atoms with Crippen LogP contribution in [0.3, 0.4) is 0 Å². The molecule has 1 atom stereocenters. The van der Waals surface area contributed by atoms with E-state index in [1.807, 2.05) is 30.3 Å². The molecule has 0 spiro atoms. The lowest BCUT2D eigenvalue weighted by atomic mass is 10.1. The number of primary amides is 1. The number of benzene rings is 1. The quantitative estimate of drug-likeness (QED) is 0.846. The van der Waals surface area contributed by atoms with Crippen molar-refractivity contribution in [2.75, 3.05) is 0 Å². The van der Waals surface area contributed by atoms with Gasteiger partial charge in [0.1, 0.15) is 6.04 Å². The molecular weight excluding hydrogens is 254 g/mol. The number of nitrogens with one attached hydrogen (secondary N) is 1. The van der Waals surface area contributed by atoms with Crippen molar-refractivity contribution in [3.63, 3.8) is 0 Å². The first-order valence-electron chi connectivity index (χ1n) is 6.21. The average Bonchev–Trinajstić information content (AvgIpc) is 2.48. The second-order valence-corrected chi connectivity index (χ2v) is 4.36. The highest BCUT2D eigenvalue weighted by Gasteiger charge is 2.19. The predicted molar refractivity (Wildman–Crippen MR) is 74.8 cm³/mol. The van der Waals surface area contributed by atoms with E-state index in [0.29, 0.717) is 12.0 Å². The zero-order valence-electron chi connectivity index (χ0n) is 10.8. The van der Waals surface area contributed by atoms with Crippen LogP contribution in [-0.4, -0.2) is 22.8 Å². The van der Waals surface area contributed by atoms with Crippen molar-refractivity contribution in [1.29, 1.82) is 0 Å². The van der Waals surface area contributed by atoms with Crippen molar-refractivity contribution < 1.29 is 9.59 Å². The zero-order chi connectivity index (χ0) is 14.4. The molecule has 2 rings (SSSR count). The number of carbonyl (C=O) groups is 2. The molecule has 1 aromatic heterocycles. The standard InChI is InChI=1S/C15H15N3O2/c16-14(19)13(9-11-5-2-1-3-6-11)18-15(20)12-7-4-8-17-10-12/h1-8,10,13H,9H2,(H2,16,19)(H,18,20)/t13-/m0/s1. The van der Waals surface area contributed by atoms with Gasteiger partial charge in [-0.05, 0) is 17.7 Å². The first-order chi connectivity index (χ1) is 9.66. The first kappa shape index (κ1) is 13.7. The van der Waals surface area contributed by atoms with E-state index in [9.17, 15) is 9.59 Å². The van der Waals surface area contributed by atoms with Crippen LogP contribution in [0.15, 0.2) is 54.9 Å². The fourth-order valence-electron chi connectivity index (χ4n) is 1.81. The molecule has 0 saturated carbocycles. The van der Waals surface area contributed by atoms with Crippen LogP contribution in [0, 0.1) is 0 Å². The Bertz CT molecular complexity index is 585. The monoisotopic (exact) mass is 269 g/mol. The molecule has 102 valence electrons. The van der Waals surface area contributed by atoms with Crippen molar-refractivity contribution in [1.82, 2.24) is 10.3 Å². The van der Waals surface area contributed by atoms with E-state index >= 15 is 0 Å². The van der Waals surface area contributed by atoms with E-state index in [0.717, 1.165) is 5.56 Å². The Balaban J connectivity index is 2.07. The van der Waals surface area contributed by atoms with Gasteiger partial charge in [0.05, 0.1) is 5.56 Å². The van der Waals surface area contributed by atoms with Crippen molar-refractivity contribution in [2.45, 2.75) is 12.5 Å². The second-order valence-electron chi connectivity index (χ2n) is 4.36. The molecule has 2 amide bonds. The Morgan fingerprint density at radius 1 is 1.15 bits per heavy atom. The van der Waals surface area contributed by atoms with E-state index < -0.39 is 11.9 Å². The lowest BCUT2D eigenvalue weighted by Gasteiger charge is -2.15. The fourth-order valence-corrected chi connectivity index (χ4v) is 1.81. The van der Waals surface area contributed by atoms with Crippen molar-refractivity contribution in [3.8, 4) is 0 Å². The summed E-state index contributed by atoms with van der Waals surface area (Å²) in [5, 5.41) is 2.63. The van der Waals surface area contributed by atoms with Crippen LogP contribution in [0.2, 0.25) is 0 Å². The third kappa shape index (κ3) is 3.65. The van der Waals surface area contributed by atoms with Gasteiger partial charge in [-0.1, -0.05) is 30.3 Å². The molecule has 1 heterocycles. The number of nitrogens with zero attached hydrogens (tertiary/aromatic N) is 1. The van der Waals surface area contributed by atoms with Gasteiger partial charge in [-0.15, -0.1) is 0 Å². The highest BCUT2D eigenvalue weighted by molar-refractivity contribution is 5.97. The lowest BCUT2D eigenvalue weighted by molar-refractivity contribution is -0.119. The maximum absolute atomic E-state index is 12.0. The molecule has 0 aliphatic heterocycles. The summed E-state index contributed by atoms with van der Waals surface area (Å²) in [6, 6.07) is 11.9. The summed E-state index contributed by atoms with van der Waals surface area (Å²) in [5.41, 5.74) is 6.67. The van der Waals surface area contributed by atoms with Crippen LogP contribution in [0.1, 0.15) is 15.9 Å². The number of hydrogen-bond donors (Lipinski definition) is 2. The summed E-state index contributed by atoms with van der Waals surface area (Å²) >= 11 is 0. The SMILES string of the molecule is NC(=O)[C@H](Cc1ccccc1)NC(=O)c1cccnc1. The van der Waals surface area contributed by atoms with Gasteiger partial charge >= 0.3 is 0 Å². The number of aromatic nitrogens is 1. The number of pyridine rings is 1. The normalized spacial score (nSPS) is 11.6. The Labute approximate surface area is 116 Å². The number of hydrogen-bond acceptors (Lipinski definition) is 3. The molecule has 20 heavy (non-hydrogen) atoms. The van der Waals surface area contributed by atoms with Crippen LogP contribution in [0.5, 0.6) is 0 Å². The number of rotatable bonds is 5. The fraction of sp³-hybridized carbons (Fsp3) is 0.133. The molecular formula is C15H15N3O2. The Morgan fingerprint density at radius 2 is 1.90 bits per heavy atom. The maximum Gasteiger partial charge on any atom is 0.253 e. The molecule has 5 heteroatoms. The summed E-state index contributed by atoms with van der Waals surface area (Å²) < 4.78 is 0. The minimum atomic E-state index is -0.745. The van der Waals surface area contributed by atoms with Gasteiger partial charge in [0, 0.05) is 18.8 Å². The van der Waals surface area contributed by atoms with Gasteiger partial charge in [0.25, 0.3) is 5.91 Å². The molecule has 0 saturated heterocycles. The topological polar surface area (TPSA) is 85.1 Å². The summed E-state index contributed by atoms with van der Waals surface area (Å²) in [7, 11) is 0. The smallest absolute Gasteiger partial charge is 0.253 e. The highest BCUT2D eigenvalue weighted by atomic mass is 16.2. The molecule has 0 radical (unpaired) electrons. The minimum absolute atomic E-state index is 0.363. The lowest BCUT2D eigenvalue weighted by Crippen LogP contribution is -2.45. The molecule has 1 aromatic carbocycles. The van der Waals surface area contributed by atoms with Gasteiger partial charge < -0.3 is 11.1 Å². The van der Waals surface area contributed by atoms with Crippen LogP contribution in [0.25, 0.3) is 0 Å². The minimum Gasteiger partial charge on any atom is -0.368 e. The Hall–Kier alpha value is -2.69. The third-order valence-electron chi connectivity index (χ3n) is 2.86. The summed E-state index contributed by atoms with van der Waals surface area (Å²) in [4.78, 5) is 27.3. The van der Waals surface area contributed by atoms with Crippen molar-refractivity contribution >= 4 is 11.8 Å². The third-order valence-corrected chi connectivity index (χ3v) is 2.86. The average molecular weight is 269 g/mol. The largest absolute Gasteiger partial charge is 0.368 e. The van der Waals surface area contributed by atoms with Crippen molar-refractivity contribution in [3.05, 3.63) is 66.0 Å². The Kier molecular flexibility index (Phi) is 4.44. The second kappa shape index (κ2) is 6.47. The molecule has 0 bridgehead atoms. The number of amides is 2. The number of nitrogens with two attached hydrogens (primary N) is 1. The van der Waals surface area contributed by atoms with Gasteiger partial charge in [-0.25, -0.2) is 0 Å². The number of carbonyl (C=O) groups excluding carboxylic acids is 2. The van der Waals surface area contributed by atoms with Crippen molar-refractivity contribution in [2.24, 2.45) is 5.73 Å². The van der Waals surface area contributed by atoms with Gasteiger partial charge in [-0.2, -0.15) is 0 Å². The molecule has 0 aliphatic rings. The van der Waals surface area contributed by atoms with Gasteiger partial charge in [0.2, 0.25) is 5.91 Å². The highest BCUT2D eigenvalue weighted by Crippen LogP contribution is 2.04. The van der Waals surface area contributed by atoms with E-state index in [4.69, 9.17) is 5.73 Å². The zero-order valence-corrected chi connectivity index (χ0v) is 10.8. The summed E-state index contributed by atoms with van der Waals surface area (Å²) in [5.74, 6) is -0.927. The molecule has 0 aliphatic carbocycles. The van der Waals surface area contributed by atoms with Crippen LogP contribution in [0.4, 0.5) is 0 Å². The van der Waals surface area contributed by atoms with E-state index in [-0.39, 0.29) is 5.91 Å². The molecule has 0 fully saturated rings. The molecule has 3 N–H and O–H groups in total. The van der Waals surface area contributed by atoms with E-state index in [1.165, 1.54) is 6.20 Å². The molecule has 0 unspecified atom stereocenters. The van der Waals surface area contributed by atoms with Crippen LogP contribution in [-0.2, 0) is 11.2 Å². The van der Waals surface area contributed by atoms with E-state index in [1.54, 1.807) is 18.3 Å².